The van der Waals surface area contributed by atoms with Crippen LogP contribution in [0, 0.1) is 0 Å². The largest absolute Gasteiger partial charge is 0.491 e. The number of nitrogens with zero attached hydrogens (tertiary/aromatic N) is 1. The minimum Gasteiger partial charge on any atom is -0.491 e. The van der Waals surface area contributed by atoms with Gasteiger partial charge >= 0.3 is 0 Å². The molecule has 0 bridgehead atoms. The molecule has 1 amide bonds. The topological polar surface area (TPSA) is 63.2 Å². The molecule has 0 spiro atoms. The number of aromatic nitrogens is 1. The van der Waals surface area contributed by atoms with E-state index < -0.39 is 0 Å². The summed E-state index contributed by atoms with van der Waals surface area (Å²) >= 11 is 0. The number of hydrogen-bond donors (Lipinski definition) is 2. The van der Waals surface area contributed by atoms with Crippen LogP contribution in [0.3, 0.4) is 0 Å². The van der Waals surface area contributed by atoms with Gasteiger partial charge in [-0.05, 0) is 63.1 Å². The summed E-state index contributed by atoms with van der Waals surface area (Å²) in [5, 5.41) is 6.38. The molecule has 138 valence electrons. The van der Waals surface area contributed by atoms with Gasteiger partial charge in [-0.1, -0.05) is 19.3 Å². The lowest BCUT2D eigenvalue weighted by molar-refractivity contribution is 0.0927. The first-order chi connectivity index (χ1) is 12.6. The van der Waals surface area contributed by atoms with Gasteiger partial charge in [0.2, 0.25) is 0 Å². The van der Waals surface area contributed by atoms with Crippen LogP contribution in [0.25, 0.3) is 0 Å². The SMILES string of the molecule is CC(C)Oc1ccc(Nc2cc(C(=O)NC3CCCCC3)ccn2)cc1. The fourth-order valence-corrected chi connectivity index (χ4v) is 3.19. The smallest absolute Gasteiger partial charge is 0.251 e. The Balaban J connectivity index is 1.62. The molecule has 26 heavy (non-hydrogen) atoms. The van der Waals surface area contributed by atoms with Crippen molar-refractivity contribution in [3.05, 3.63) is 48.2 Å². The average molecular weight is 353 g/mol. The molecule has 0 aliphatic heterocycles. The van der Waals surface area contributed by atoms with E-state index in [-0.39, 0.29) is 12.0 Å². The molecular weight excluding hydrogens is 326 g/mol. The van der Waals surface area contributed by atoms with Crippen LogP contribution in [0.2, 0.25) is 0 Å². The van der Waals surface area contributed by atoms with Crippen LogP contribution >= 0.6 is 0 Å². The Morgan fingerprint density at radius 3 is 2.54 bits per heavy atom. The molecule has 0 atom stereocenters. The van der Waals surface area contributed by atoms with Gasteiger partial charge < -0.3 is 15.4 Å². The number of nitrogens with one attached hydrogen (secondary N) is 2. The van der Waals surface area contributed by atoms with E-state index in [1.807, 2.05) is 38.1 Å². The Morgan fingerprint density at radius 2 is 1.85 bits per heavy atom. The van der Waals surface area contributed by atoms with Crippen molar-refractivity contribution in [1.29, 1.82) is 0 Å². The summed E-state index contributed by atoms with van der Waals surface area (Å²) in [4.78, 5) is 16.8. The van der Waals surface area contributed by atoms with Gasteiger partial charge in [0.15, 0.2) is 0 Å². The maximum atomic E-state index is 12.5. The normalized spacial score (nSPS) is 14.9. The number of pyridine rings is 1. The van der Waals surface area contributed by atoms with Gasteiger partial charge in [0.05, 0.1) is 6.10 Å². The van der Waals surface area contributed by atoms with Crippen molar-refractivity contribution in [3.63, 3.8) is 0 Å². The fourth-order valence-electron chi connectivity index (χ4n) is 3.19. The first-order valence-corrected chi connectivity index (χ1v) is 9.41. The number of rotatable bonds is 6. The lowest BCUT2D eigenvalue weighted by atomic mass is 9.95. The number of hydrogen-bond acceptors (Lipinski definition) is 4. The zero-order valence-electron chi connectivity index (χ0n) is 15.5. The number of carbonyl (C=O) groups excluding carboxylic acids is 1. The summed E-state index contributed by atoms with van der Waals surface area (Å²) in [5.74, 6) is 1.46. The van der Waals surface area contributed by atoms with Crippen LogP contribution in [0.15, 0.2) is 42.6 Å². The third-order valence-corrected chi connectivity index (χ3v) is 4.46. The molecule has 5 nitrogen and oxygen atoms in total. The zero-order chi connectivity index (χ0) is 18.4. The maximum absolute atomic E-state index is 12.5. The molecule has 0 unspecified atom stereocenters. The van der Waals surface area contributed by atoms with Crippen molar-refractivity contribution in [2.45, 2.75) is 58.1 Å². The lowest BCUT2D eigenvalue weighted by Crippen LogP contribution is -2.36. The zero-order valence-corrected chi connectivity index (χ0v) is 15.5. The van der Waals surface area contributed by atoms with E-state index >= 15 is 0 Å². The van der Waals surface area contributed by atoms with Gasteiger partial charge in [0, 0.05) is 23.5 Å². The van der Waals surface area contributed by atoms with E-state index in [4.69, 9.17) is 4.74 Å². The molecule has 1 aliphatic carbocycles. The maximum Gasteiger partial charge on any atom is 0.251 e. The van der Waals surface area contributed by atoms with Gasteiger partial charge in [-0.2, -0.15) is 0 Å². The molecule has 0 radical (unpaired) electrons. The molecular formula is C21H27N3O2. The number of ether oxygens (including phenoxy) is 1. The molecule has 1 aliphatic rings. The van der Waals surface area contributed by atoms with Crippen LogP contribution in [-0.2, 0) is 0 Å². The second-order valence-electron chi connectivity index (χ2n) is 7.05. The highest BCUT2D eigenvalue weighted by molar-refractivity contribution is 5.95. The Morgan fingerprint density at radius 1 is 1.12 bits per heavy atom. The summed E-state index contributed by atoms with van der Waals surface area (Å²) < 4.78 is 5.65. The second-order valence-corrected chi connectivity index (χ2v) is 7.05. The monoisotopic (exact) mass is 353 g/mol. The van der Waals surface area contributed by atoms with Crippen molar-refractivity contribution in [2.75, 3.05) is 5.32 Å². The minimum absolute atomic E-state index is 0.0250. The van der Waals surface area contributed by atoms with Crippen molar-refractivity contribution in [1.82, 2.24) is 10.3 Å². The molecule has 0 saturated heterocycles. The lowest BCUT2D eigenvalue weighted by Gasteiger charge is -2.22. The Labute approximate surface area is 155 Å². The summed E-state index contributed by atoms with van der Waals surface area (Å²) in [6.07, 6.45) is 7.63. The molecule has 1 fully saturated rings. The summed E-state index contributed by atoms with van der Waals surface area (Å²) in [6.45, 7) is 4.00. The highest BCUT2D eigenvalue weighted by Gasteiger charge is 2.17. The first-order valence-electron chi connectivity index (χ1n) is 9.41. The van der Waals surface area contributed by atoms with Crippen LogP contribution < -0.4 is 15.4 Å². The van der Waals surface area contributed by atoms with E-state index in [0.717, 1.165) is 24.3 Å². The Hall–Kier alpha value is -2.56. The van der Waals surface area contributed by atoms with Crippen molar-refractivity contribution >= 4 is 17.4 Å². The Kier molecular flexibility index (Phi) is 6.10. The summed E-state index contributed by atoms with van der Waals surface area (Å²) in [6, 6.07) is 11.6. The molecule has 1 saturated carbocycles. The van der Waals surface area contributed by atoms with E-state index in [2.05, 4.69) is 15.6 Å². The van der Waals surface area contributed by atoms with Crippen LogP contribution in [0.4, 0.5) is 11.5 Å². The molecule has 2 N–H and O–H groups in total. The quantitative estimate of drug-likeness (QED) is 0.792. The van der Waals surface area contributed by atoms with E-state index in [1.165, 1.54) is 19.3 Å². The van der Waals surface area contributed by atoms with E-state index in [0.29, 0.717) is 17.4 Å². The van der Waals surface area contributed by atoms with Crippen molar-refractivity contribution in [2.24, 2.45) is 0 Å². The predicted molar refractivity (Wildman–Crippen MR) is 104 cm³/mol. The Bertz CT molecular complexity index is 722. The van der Waals surface area contributed by atoms with Gasteiger partial charge in [-0.25, -0.2) is 4.98 Å². The molecule has 1 aromatic heterocycles. The number of benzene rings is 1. The number of carbonyl (C=O) groups is 1. The molecule has 3 rings (SSSR count). The van der Waals surface area contributed by atoms with Gasteiger partial charge in [0.1, 0.15) is 11.6 Å². The standard InChI is InChI=1S/C21H27N3O2/c1-15(2)26-19-10-8-18(9-11-19)23-20-14-16(12-13-22-20)21(25)24-17-6-4-3-5-7-17/h8-15,17H,3-7H2,1-2H3,(H,22,23)(H,24,25). The highest BCUT2D eigenvalue weighted by atomic mass is 16.5. The highest BCUT2D eigenvalue weighted by Crippen LogP contribution is 2.21. The van der Waals surface area contributed by atoms with Gasteiger partial charge in [-0.3, -0.25) is 4.79 Å². The molecule has 1 heterocycles. The summed E-state index contributed by atoms with van der Waals surface area (Å²) in [7, 11) is 0. The third kappa shape index (κ3) is 5.22. The van der Waals surface area contributed by atoms with E-state index in [9.17, 15) is 4.79 Å². The molecule has 5 heteroatoms. The van der Waals surface area contributed by atoms with E-state index in [1.54, 1.807) is 18.3 Å². The van der Waals surface area contributed by atoms with Crippen molar-refractivity contribution in [3.8, 4) is 5.75 Å². The van der Waals surface area contributed by atoms with Crippen LogP contribution in [0.1, 0.15) is 56.3 Å². The van der Waals surface area contributed by atoms with Crippen LogP contribution in [0.5, 0.6) is 5.75 Å². The predicted octanol–water partition coefficient (Wildman–Crippen LogP) is 4.67. The number of anilines is 2. The molecule has 2 aromatic rings. The fraction of sp³-hybridized carbons (Fsp3) is 0.429. The molecule has 1 aromatic carbocycles. The van der Waals surface area contributed by atoms with Crippen molar-refractivity contribution < 1.29 is 9.53 Å². The first kappa shape index (κ1) is 18.2. The average Bonchev–Trinajstić information content (AvgIpc) is 2.64. The minimum atomic E-state index is -0.0250. The third-order valence-electron chi connectivity index (χ3n) is 4.46. The van der Waals surface area contributed by atoms with Gasteiger partial charge in [0.25, 0.3) is 5.91 Å². The summed E-state index contributed by atoms with van der Waals surface area (Å²) in [5.41, 5.74) is 1.53. The second kappa shape index (κ2) is 8.70. The number of amides is 1. The van der Waals surface area contributed by atoms with Crippen LogP contribution in [-0.4, -0.2) is 23.0 Å². The van der Waals surface area contributed by atoms with Gasteiger partial charge in [-0.15, -0.1) is 0 Å².